The van der Waals surface area contributed by atoms with Crippen molar-refractivity contribution >= 4 is 19.8 Å². The van der Waals surface area contributed by atoms with Crippen LogP contribution in [0.4, 0.5) is 0 Å². The number of hydrogen-bond donors (Lipinski definition) is 6. The van der Waals surface area contributed by atoms with Gasteiger partial charge in [0.15, 0.2) is 6.10 Å². The van der Waals surface area contributed by atoms with Crippen LogP contribution in [0, 0.1) is 0 Å². The number of aliphatic hydroxyl groups excluding tert-OH is 5. The molecule has 342 valence electrons. The number of unbranched alkanes of at least 4 members (excludes halogenated alkanes) is 16. The molecule has 1 saturated carbocycles. The van der Waals surface area contributed by atoms with Crippen molar-refractivity contribution in [2.45, 2.75) is 211 Å². The van der Waals surface area contributed by atoms with Crippen molar-refractivity contribution in [1.29, 1.82) is 0 Å². The maximum atomic E-state index is 12.8. The lowest BCUT2D eigenvalue weighted by atomic mass is 9.85. The molecule has 0 aliphatic heterocycles. The Bertz CT molecular complexity index is 1220. The van der Waals surface area contributed by atoms with Crippen LogP contribution in [0.5, 0.6) is 0 Å². The molecule has 0 radical (unpaired) electrons. The first-order chi connectivity index (χ1) is 28.4. The zero-order valence-corrected chi connectivity index (χ0v) is 36.9. The van der Waals surface area contributed by atoms with Gasteiger partial charge in [-0.3, -0.25) is 18.6 Å². The van der Waals surface area contributed by atoms with Crippen LogP contribution in [0.2, 0.25) is 0 Å². The van der Waals surface area contributed by atoms with E-state index in [-0.39, 0.29) is 12.8 Å². The summed E-state index contributed by atoms with van der Waals surface area (Å²) in [7, 11) is -5.12. The van der Waals surface area contributed by atoms with Crippen LogP contribution in [-0.4, -0.2) is 98.3 Å². The van der Waals surface area contributed by atoms with E-state index in [1.54, 1.807) is 0 Å². The molecule has 14 heteroatoms. The highest BCUT2D eigenvalue weighted by Gasteiger charge is 2.51. The van der Waals surface area contributed by atoms with Crippen molar-refractivity contribution in [2.75, 3.05) is 13.2 Å². The van der Waals surface area contributed by atoms with Gasteiger partial charge in [-0.05, 0) is 70.6 Å². The number of phosphoric ester groups is 1. The fourth-order valence-electron chi connectivity index (χ4n) is 6.53. The molecule has 0 bridgehead atoms. The summed E-state index contributed by atoms with van der Waals surface area (Å²) in [6.07, 6.45) is 27.4. The Morgan fingerprint density at radius 3 is 1.49 bits per heavy atom. The normalized spacial score (nSPS) is 22.8. The van der Waals surface area contributed by atoms with Gasteiger partial charge in [0.05, 0.1) is 6.61 Å². The highest BCUT2D eigenvalue weighted by atomic mass is 31.2. The maximum Gasteiger partial charge on any atom is 0.472 e. The highest BCUT2D eigenvalue weighted by Crippen LogP contribution is 2.47. The minimum Gasteiger partial charge on any atom is -0.462 e. The summed E-state index contributed by atoms with van der Waals surface area (Å²) in [5.74, 6) is -1.12. The second-order valence-electron chi connectivity index (χ2n) is 15.5. The van der Waals surface area contributed by atoms with E-state index in [0.29, 0.717) is 12.8 Å². The number of carbonyl (C=O) groups excluding carboxylic acids is 2. The lowest BCUT2D eigenvalue weighted by Crippen LogP contribution is -2.64. The zero-order chi connectivity index (χ0) is 43.6. The molecule has 1 aliphatic rings. The van der Waals surface area contributed by atoms with E-state index in [0.717, 1.165) is 103 Å². The summed E-state index contributed by atoms with van der Waals surface area (Å²) in [6.45, 7) is 3.15. The largest absolute Gasteiger partial charge is 0.472 e. The molecule has 0 heterocycles. The number of phosphoric acid groups is 1. The summed E-state index contributed by atoms with van der Waals surface area (Å²) in [5.41, 5.74) is 0. The molecule has 1 rings (SSSR count). The number of carbonyl (C=O) groups is 2. The molecule has 0 aromatic carbocycles. The molecular formula is C45H79O13P. The molecule has 6 atom stereocenters. The lowest BCUT2D eigenvalue weighted by molar-refractivity contribution is -0.220. The van der Waals surface area contributed by atoms with Gasteiger partial charge in [0.2, 0.25) is 0 Å². The number of rotatable bonds is 36. The van der Waals surface area contributed by atoms with Gasteiger partial charge in [-0.25, -0.2) is 4.57 Å². The van der Waals surface area contributed by atoms with Crippen molar-refractivity contribution in [3.8, 4) is 0 Å². The third-order valence-electron chi connectivity index (χ3n) is 10.2. The number of esters is 2. The summed E-state index contributed by atoms with van der Waals surface area (Å²) in [4.78, 5) is 35.6. The Kier molecular flexibility index (Phi) is 32.9. The third kappa shape index (κ3) is 28.1. The molecule has 1 aliphatic carbocycles. The molecule has 1 fully saturated rings. The van der Waals surface area contributed by atoms with Crippen molar-refractivity contribution in [2.24, 2.45) is 0 Å². The van der Waals surface area contributed by atoms with E-state index >= 15 is 0 Å². The van der Waals surface area contributed by atoms with Gasteiger partial charge < -0.3 is 39.9 Å². The average Bonchev–Trinajstić information content (AvgIpc) is 3.21. The first-order valence-electron chi connectivity index (χ1n) is 22.4. The molecule has 0 amide bonds. The highest BCUT2D eigenvalue weighted by molar-refractivity contribution is 7.47. The topological polar surface area (TPSA) is 210 Å². The van der Waals surface area contributed by atoms with Crippen molar-refractivity contribution in [1.82, 2.24) is 0 Å². The van der Waals surface area contributed by atoms with E-state index in [4.69, 9.17) is 18.5 Å². The van der Waals surface area contributed by atoms with Gasteiger partial charge in [0, 0.05) is 12.8 Å². The summed E-state index contributed by atoms with van der Waals surface area (Å²) < 4.78 is 33.5. The number of hydrogen-bond acceptors (Lipinski definition) is 12. The summed E-state index contributed by atoms with van der Waals surface area (Å²) in [6, 6.07) is 0. The lowest BCUT2D eigenvalue weighted by Gasteiger charge is -2.41. The van der Waals surface area contributed by atoms with Gasteiger partial charge in [-0.15, -0.1) is 0 Å². The van der Waals surface area contributed by atoms with E-state index in [1.807, 2.05) is 0 Å². The van der Waals surface area contributed by atoms with Crippen LogP contribution in [0.25, 0.3) is 0 Å². The minimum atomic E-state index is -5.12. The zero-order valence-electron chi connectivity index (χ0n) is 36.0. The first-order valence-corrected chi connectivity index (χ1v) is 23.9. The summed E-state index contributed by atoms with van der Waals surface area (Å²) >= 11 is 0. The predicted octanol–water partition coefficient (Wildman–Crippen LogP) is 8.39. The van der Waals surface area contributed by atoms with Crippen LogP contribution in [0.3, 0.4) is 0 Å². The van der Waals surface area contributed by atoms with Crippen LogP contribution in [-0.2, 0) is 32.7 Å². The standard InChI is InChI=1S/C45H79O13P/c1-3-5-7-9-11-13-15-17-18-19-20-22-24-26-28-30-32-34-39(47)57-37(36-56-59(53,54)58-45-43(51)41(49)40(48)42(50)44(45)52)35-55-38(46)33-31-29-27-25-23-21-16-14-12-10-8-6-4-2/h5,7,11,13-14,16-18,37,40-45,48-52H,3-4,6,8-10,12,15,19-36H2,1-2H3,(H,53,54)/b7-5-,13-11-,16-14-,18-17-. The molecule has 0 spiro atoms. The Labute approximate surface area is 354 Å². The fraction of sp³-hybridized carbons (Fsp3) is 0.778. The van der Waals surface area contributed by atoms with Gasteiger partial charge in [0.25, 0.3) is 0 Å². The Balaban J connectivity index is 2.48. The number of ether oxygens (including phenoxy) is 2. The Hall–Kier alpha value is -2.19. The number of aliphatic hydroxyl groups is 5. The van der Waals surface area contributed by atoms with Crippen molar-refractivity contribution in [3.63, 3.8) is 0 Å². The smallest absolute Gasteiger partial charge is 0.462 e. The monoisotopic (exact) mass is 859 g/mol. The SMILES string of the molecule is CC/C=C\C/C=C\C/C=C\CCCCCCCCCC(=O)OC(COC(=O)CCCCCCC/C=C\CCCCCC)COP(=O)(O)OC1C(O)C(O)C(O)C(O)C1O. The van der Waals surface area contributed by atoms with E-state index in [1.165, 1.54) is 25.7 Å². The Morgan fingerprint density at radius 1 is 0.542 bits per heavy atom. The molecule has 0 aromatic rings. The minimum absolute atomic E-state index is 0.0825. The van der Waals surface area contributed by atoms with Gasteiger partial charge in [-0.1, -0.05) is 133 Å². The molecule has 0 saturated heterocycles. The van der Waals surface area contributed by atoms with E-state index < -0.39 is 75.7 Å². The molecule has 13 nitrogen and oxygen atoms in total. The quantitative estimate of drug-likeness (QED) is 0.0152. The molecular weight excluding hydrogens is 779 g/mol. The van der Waals surface area contributed by atoms with Crippen LogP contribution in [0.15, 0.2) is 48.6 Å². The molecule has 6 unspecified atom stereocenters. The maximum absolute atomic E-state index is 12.8. The van der Waals surface area contributed by atoms with Crippen LogP contribution >= 0.6 is 7.82 Å². The van der Waals surface area contributed by atoms with Crippen LogP contribution < -0.4 is 0 Å². The molecule has 6 N–H and O–H groups in total. The second-order valence-corrected chi connectivity index (χ2v) is 16.9. The second kappa shape index (κ2) is 35.4. The van der Waals surface area contributed by atoms with E-state index in [9.17, 15) is 44.6 Å². The van der Waals surface area contributed by atoms with Gasteiger partial charge >= 0.3 is 19.8 Å². The fourth-order valence-corrected chi connectivity index (χ4v) is 7.50. The first kappa shape index (κ1) is 54.8. The van der Waals surface area contributed by atoms with Crippen molar-refractivity contribution in [3.05, 3.63) is 48.6 Å². The predicted molar refractivity (Wildman–Crippen MR) is 230 cm³/mol. The van der Waals surface area contributed by atoms with Gasteiger partial charge in [-0.2, -0.15) is 0 Å². The number of allylic oxidation sites excluding steroid dienone is 8. The average molecular weight is 859 g/mol. The molecule has 59 heavy (non-hydrogen) atoms. The summed E-state index contributed by atoms with van der Waals surface area (Å²) in [5, 5.41) is 50.1. The molecule has 0 aromatic heterocycles. The van der Waals surface area contributed by atoms with E-state index in [2.05, 4.69) is 62.5 Å². The Morgan fingerprint density at radius 2 is 0.966 bits per heavy atom. The van der Waals surface area contributed by atoms with Crippen LogP contribution in [0.1, 0.15) is 168 Å². The van der Waals surface area contributed by atoms with Gasteiger partial charge in [0.1, 0.15) is 43.2 Å². The third-order valence-corrected chi connectivity index (χ3v) is 11.1. The van der Waals surface area contributed by atoms with Crippen molar-refractivity contribution < 1.29 is 63.1 Å².